The van der Waals surface area contributed by atoms with Crippen molar-refractivity contribution in [3.8, 4) is 0 Å². The summed E-state index contributed by atoms with van der Waals surface area (Å²) in [5, 5.41) is 2.71. The Bertz CT molecular complexity index is 495. The number of carbonyl (C=O) groups excluding carboxylic acids is 1. The predicted molar refractivity (Wildman–Crippen MR) is 61.1 cm³/mol. The first-order valence-electron chi connectivity index (χ1n) is 5.09. The Morgan fingerprint density at radius 3 is 3.06 bits per heavy atom. The van der Waals surface area contributed by atoms with E-state index >= 15 is 0 Å². The monoisotopic (exact) mass is 232 g/mol. The molecule has 0 saturated heterocycles. The highest BCUT2D eigenvalue weighted by molar-refractivity contribution is 5.92. The van der Waals surface area contributed by atoms with Gasteiger partial charge in [-0.2, -0.15) is 0 Å². The zero-order chi connectivity index (χ0) is 12.1. The second-order valence-corrected chi connectivity index (χ2v) is 3.37. The average Bonchev–Trinajstić information content (AvgIpc) is 2.82. The third kappa shape index (κ3) is 3.00. The number of amides is 1. The van der Waals surface area contributed by atoms with Crippen molar-refractivity contribution in [3.63, 3.8) is 0 Å². The van der Waals surface area contributed by atoms with E-state index in [0.29, 0.717) is 13.0 Å². The van der Waals surface area contributed by atoms with Crippen LogP contribution in [0.5, 0.6) is 0 Å². The first-order chi connectivity index (χ1) is 8.25. The Hall–Kier alpha value is -2.44. The number of nitrogens with two attached hydrogens (primary N) is 1. The molecular weight excluding hydrogens is 220 g/mol. The number of imidazole rings is 1. The molecule has 0 spiro atoms. The van der Waals surface area contributed by atoms with E-state index in [1.165, 1.54) is 12.4 Å². The van der Waals surface area contributed by atoms with Crippen LogP contribution in [-0.2, 0) is 6.42 Å². The van der Waals surface area contributed by atoms with Crippen LogP contribution in [0.4, 0.5) is 5.82 Å². The van der Waals surface area contributed by atoms with Crippen LogP contribution in [-0.4, -0.2) is 32.4 Å². The molecule has 7 nitrogen and oxygen atoms in total. The lowest BCUT2D eigenvalue weighted by Crippen LogP contribution is -2.27. The van der Waals surface area contributed by atoms with Crippen molar-refractivity contribution in [1.29, 1.82) is 0 Å². The highest BCUT2D eigenvalue weighted by Crippen LogP contribution is 1.97. The van der Waals surface area contributed by atoms with E-state index in [9.17, 15) is 4.79 Å². The Balaban J connectivity index is 1.85. The van der Waals surface area contributed by atoms with Gasteiger partial charge in [0.25, 0.3) is 5.91 Å². The van der Waals surface area contributed by atoms with Gasteiger partial charge in [-0.3, -0.25) is 9.78 Å². The summed E-state index contributed by atoms with van der Waals surface area (Å²) in [6.07, 6.45) is 6.80. The quantitative estimate of drug-likeness (QED) is 0.673. The van der Waals surface area contributed by atoms with Crippen molar-refractivity contribution in [1.82, 2.24) is 25.3 Å². The number of aromatic nitrogens is 4. The highest BCUT2D eigenvalue weighted by atomic mass is 16.1. The van der Waals surface area contributed by atoms with Crippen LogP contribution in [0.15, 0.2) is 24.8 Å². The molecule has 17 heavy (non-hydrogen) atoms. The van der Waals surface area contributed by atoms with Crippen LogP contribution in [0, 0.1) is 0 Å². The number of hydrogen-bond acceptors (Lipinski definition) is 5. The van der Waals surface area contributed by atoms with Crippen molar-refractivity contribution in [2.24, 2.45) is 0 Å². The van der Waals surface area contributed by atoms with Crippen LogP contribution < -0.4 is 11.1 Å². The normalized spacial score (nSPS) is 10.1. The largest absolute Gasteiger partial charge is 0.382 e. The van der Waals surface area contributed by atoms with Gasteiger partial charge in [-0.15, -0.1) is 0 Å². The van der Waals surface area contributed by atoms with Gasteiger partial charge in [0.2, 0.25) is 0 Å². The molecule has 0 bridgehead atoms. The average molecular weight is 232 g/mol. The Morgan fingerprint density at radius 2 is 2.35 bits per heavy atom. The van der Waals surface area contributed by atoms with E-state index in [1.807, 2.05) is 0 Å². The molecule has 0 unspecified atom stereocenters. The molecule has 0 aromatic carbocycles. The van der Waals surface area contributed by atoms with Gasteiger partial charge in [0.05, 0.1) is 12.4 Å². The van der Waals surface area contributed by atoms with E-state index in [0.717, 1.165) is 5.82 Å². The predicted octanol–water partition coefficient (Wildman–Crippen LogP) is -0.246. The van der Waals surface area contributed by atoms with Crippen molar-refractivity contribution in [3.05, 3.63) is 36.3 Å². The standard InChI is InChI=1S/C10H12N6O/c11-8-6-12-5-7(16-8)10(17)15-2-1-9-13-3-4-14-9/h3-6H,1-2H2,(H2,11,16)(H,13,14)(H,15,17). The number of nitrogens with zero attached hydrogens (tertiary/aromatic N) is 3. The maximum Gasteiger partial charge on any atom is 0.271 e. The molecule has 0 aliphatic carbocycles. The molecule has 4 N–H and O–H groups in total. The molecular formula is C10H12N6O. The number of anilines is 1. The van der Waals surface area contributed by atoms with Crippen LogP contribution in [0.2, 0.25) is 0 Å². The van der Waals surface area contributed by atoms with Gasteiger partial charge in [0.1, 0.15) is 17.3 Å². The first-order valence-corrected chi connectivity index (χ1v) is 5.09. The summed E-state index contributed by atoms with van der Waals surface area (Å²) >= 11 is 0. The molecule has 7 heteroatoms. The molecule has 0 aliphatic rings. The minimum absolute atomic E-state index is 0.212. The van der Waals surface area contributed by atoms with Crippen LogP contribution >= 0.6 is 0 Å². The van der Waals surface area contributed by atoms with Gasteiger partial charge in [0, 0.05) is 25.4 Å². The summed E-state index contributed by atoms with van der Waals surface area (Å²) in [4.78, 5) is 26.3. The van der Waals surface area contributed by atoms with Gasteiger partial charge in [-0.05, 0) is 0 Å². The molecule has 1 amide bonds. The summed E-state index contributed by atoms with van der Waals surface area (Å²) in [6.45, 7) is 0.475. The van der Waals surface area contributed by atoms with Crippen LogP contribution in [0.3, 0.4) is 0 Å². The number of hydrogen-bond donors (Lipinski definition) is 3. The number of nitrogen functional groups attached to an aromatic ring is 1. The fourth-order valence-electron chi connectivity index (χ4n) is 1.31. The van der Waals surface area contributed by atoms with Crippen molar-refractivity contribution in [2.75, 3.05) is 12.3 Å². The summed E-state index contributed by atoms with van der Waals surface area (Å²) in [5.74, 6) is 0.754. The molecule has 0 atom stereocenters. The topological polar surface area (TPSA) is 110 Å². The van der Waals surface area contributed by atoms with E-state index in [4.69, 9.17) is 5.73 Å². The lowest BCUT2D eigenvalue weighted by Gasteiger charge is -2.03. The SMILES string of the molecule is Nc1cncc(C(=O)NCCc2ncc[nH]2)n1. The maximum absolute atomic E-state index is 11.6. The van der Waals surface area contributed by atoms with Gasteiger partial charge in [-0.1, -0.05) is 0 Å². The van der Waals surface area contributed by atoms with E-state index < -0.39 is 0 Å². The fourth-order valence-corrected chi connectivity index (χ4v) is 1.31. The molecule has 0 saturated carbocycles. The van der Waals surface area contributed by atoms with Crippen molar-refractivity contribution in [2.45, 2.75) is 6.42 Å². The lowest BCUT2D eigenvalue weighted by atomic mass is 10.3. The summed E-state index contributed by atoms with van der Waals surface area (Å²) in [5.41, 5.74) is 5.65. The minimum atomic E-state index is -0.295. The molecule has 2 aromatic heterocycles. The van der Waals surface area contributed by atoms with Crippen molar-refractivity contribution < 1.29 is 4.79 Å². The Labute approximate surface area is 97.5 Å². The number of nitrogens with one attached hydrogen (secondary N) is 2. The zero-order valence-corrected chi connectivity index (χ0v) is 9.05. The summed E-state index contributed by atoms with van der Waals surface area (Å²) in [6, 6.07) is 0. The Kier molecular flexibility index (Phi) is 3.29. The molecule has 88 valence electrons. The summed E-state index contributed by atoms with van der Waals surface area (Å²) in [7, 11) is 0. The second kappa shape index (κ2) is 5.06. The van der Waals surface area contributed by atoms with Gasteiger partial charge in [-0.25, -0.2) is 9.97 Å². The van der Waals surface area contributed by atoms with Crippen molar-refractivity contribution >= 4 is 11.7 Å². The third-order valence-electron chi connectivity index (χ3n) is 2.09. The van der Waals surface area contributed by atoms with Crippen LogP contribution in [0.25, 0.3) is 0 Å². The maximum atomic E-state index is 11.6. The van der Waals surface area contributed by atoms with Gasteiger partial charge in [0.15, 0.2) is 0 Å². The Morgan fingerprint density at radius 1 is 1.47 bits per heavy atom. The summed E-state index contributed by atoms with van der Waals surface area (Å²) < 4.78 is 0. The molecule has 0 aliphatic heterocycles. The van der Waals surface area contributed by atoms with Gasteiger partial charge >= 0.3 is 0 Å². The fraction of sp³-hybridized carbons (Fsp3) is 0.200. The molecule has 2 heterocycles. The number of H-pyrrole nitrogens is 1. The first kappa shape index (κ1) is 11.1. The van der Waals surface area contributed by atoms with E-state index in [2.05, 4.69) is 25.3 Å². The molecule has 2 aromatic rings. The molecule has 2 rings (SSSR count). The smallest absolute Gasteiger partial charge is 0.271 e. The number of carbonyl (C=O) groups is 1. The minimum Gasteiger partial charge on any atom is -0.382 e. The third-order valence-corrected chi connectivity index (χ3v) is 2.09. The zero-order valence-electron chi connectivity index (χ0n) is 9.05. The second-order valence-electron chi connectivity index (χ2n) is 3.37. The number of aromatic amines is 1. The molecule has 0 radical (unpaired) electrons. The lowest BCUT2D eigenvalue weighted by molar-refractivity contribution is 0.0948. The van der Waals surface area contributed by atoms with E-state index in [-0.39, 0.29) is 17.4 Å². The van der Waals surface area contributed by atoms with Crippen LogP contribution in [0.1, 0.15) is 16.3 Å². The van der Waals surface area contributed by atoms with Gasteiger partial charge < -0.3 is 16.0 Å². The number of rotatable bonds is 4. The highest BCUT2D eigenvalue weighted by Gasteiger charge is 2.07. The molecule has 0 fully saturated rings. The van der Waals surface area contributed by atoms with E-state index in [1.54, 1.807) is 12.4 Å².